The number of halogens is 1. The molecule has 0 aliphatic heterocycles. The maximum absolute atomic E-state index is 13.5. The fourth-order valence-corrected chi connectivity index (χ4v) is 4.72. The molecule has 3 N–H and O–H groups in total. The smallest absolute Gasteiger partial charge is 0.273 e. The third kappa shape index (κ3) is 5.46. The Balaban J connectivity index is 1.32. The van der Waals surface area contributed by atoms with E-state index in [0.717, 1.165) is 35.3 Å². The third-order valence-electron chi connectivity index (χ3n) is 7.15. The highest BCUT2D eigenvalue weighted by atomic mass is 19.1. The van der Waals surface area contributed by atoms with Gasteiger partial charge in [0.1, 0.15) is 11.9 Å². The van der Waals surface area contributed by atoms with E-state index in [-0.39, 0.29) is 17.4 Å². The molecule has 0 saturated heterocycles. The fraction of sp³-hybridized carbons (Fsp3) is 0.379. The van der Waals surface area contributed by atoms with Crippen molar-refractivity contribution in [2.45, 2.75) is 65.1 Å². The van der Waals surface area contributed by atoms with Crippen LogP contribution in [0.25, 0.3) is 10.9 Å². The molecular weight excluding hydrogens is 483 g/mol. The van der Waals surface area contributed by atoms with E-state index in [1.165, 1.54) is 18.6 Å². The minimum Gasteiger partial charge on any atom is -0.349 e. The molecular formula is C29H33FN6O2. The molecule has 2 heterocycles. The molecule has 4 aromatic rings. The van der Waals surface area contributed by atoms with Gasteiger partial charge in [0.2, 0.25) is 5.91 Å². The molecule has 1 unspecified atom stereocenters. The van der Waals surface area contributed by atoms with E-state index in [0.29, 0.717) is 24.4 Å². The standard InChI is InChI=1S/C29H33FN6O2/c1-29(2,3)26(28(38)31-16-21-15-23(34-33-21)19-7-6-8-19)32-27(37)25-22-9-4-5-10-24(22)36(35-25)17-18-11-13-20(30)14-12-18/h4-5,9-15,19,26H,6-8,16-17H2,1-3H3,(H,31,38)(H,32,37)(H,33,34). The SMILES string of the molecule is CC(C)(C)C(NC(=O)c1nn(Cc2ccc(F)cc2)c2ccccc12)C(=O)NCc1cc(C2CCC2)n[nH]1. The van der Waals surface area contributed by atoms with Gasteiger partial charge in [-0.25, -0.2) is 4.39 Å². The minimum atomic E-state index is -0.787. The monoisotopic (exact) mass is 516 g/mol. The molecule has 1 aliphatic rings. The highest BCUT2D eigenvalue weighted by Gasteiger charge is 2.34. The first-order chi connectivity index (χ1) is 18.2. The van der Waals surface area contributed by atoms with Gasteiger partial charge in [-0.15, -0.1) is 0 Å². The van der Waals surface area contributed by atoms with Crippen LogP contribution >= 0.6 is 0 Å². The highest BCUT2D eigenvalue weighted by Crippen LogP contribution is 2.35. The van der Waals surface area contributed by atoms with Crippen LogP contribution in [0.5, 0.6) is 0 Å². The van der Waals surface area contributed by atoms with Gasteiger partial charge in [-0.1, -0.05) is 57.5 Å². The van der Waals surface area contributed by atoms with Crippen LogP contribution in [0.3, 0.4) is 0 Å². The number of H-pyrrole nitrogens is 1. The first-order valence-corrected chi connectivity index (χ1v) is 13.0. The van der Waals surface area contributed by atoms with Crippen molar-refractivity contribution in [2.75, 3.05) is 0 Å². The summed E-state index contributed by atoms with van der Waals surface area (Å²) in [4.78, 5) is 26.7. The van der Waals surface area contributed by atoms with Crippen molar-refractivity contribution < 1.29 is 14.0 Å². The minimum absolute atomic E-state index is 0.239. The number of amides is 2. The van der Waals surface area contributed by atoms with Crippen LogP contribution in [-0.2, 0) is 17.9 Å². The Morgan fingerprint density at radius 1 is 1.13 bits per heavy atom. The summed E-state index contributed by atoms with van der Waals surface area (Å²) in [6.45, 7) is 6.41. The van der Waals surface area contributed by atoms with Crippen molar-refractivity contribution in [1.29, 1.82) is 0 Å². The molecule has 198 valence electrons. The maximum atomic E-state index is 13.5. The number of para-hydroxylation sites is 1. The fourth-order valence-electron chi connectivity index (χ4n) is 4.72. The van der Waals surface area contributed by atoms with Crippen molar-refractivity contribution >= 4 is 22.7 Å². The van der Waals surface area contributed by atoms with Gasteiger partial charge in [0.15, 0.2) is 5.69 Å². The molecule has 1 saturated carbocycles. The number of aromatic nitrogens is 4. The van der Waals surface area contributed by atoms with Crippen LogP contribution in [-0.4, -0.2) is 37.8 Å². The molecule has 2 aromatic heterocycles. The molecule has 0 bridgehead atoms. The summed E-state index contributed by atoms with van der Waals surface area (Å²) in [5.74, 6) is -0.504. The van der Waals surface area contributed by atoms with Gasteiger partial charge in [-0.3, -0.25) is 19.4 Å². The highest BCUT2D eigenvalue weighted by molar-refractivity contribution is 6.06. The lowest BCUT2D eigenvalue weighted by atomic mass is 9.83. The van der Waals surface area contributed by atoms with Gasteiger partial charge in [0.25, 0.3) is 5.91 Å². The van der Waals surface area contributed by atoms with E-state index < -0.39 is 17.4 Å². The van der Waals surface area contributed by atoms with Gasteiger partial charge in [0, 0.05) is 11.3 Å². The zero-order valence-corrected chi connectivity index (χ0v) is 21.9. The summed E-state index contributed by atoms with van der Waals surface area (Å²) in [7, 11) is 0. The number of hydrogen-bond donors (Lipinski definition) is 3. The van der Waals surface area contributed by atoms with Crippen LogP contribution < -0.4 is 10.6 Å². The van der Waals surface area contributed by atoms with Crippen LogP contribution in [0.1, 0.15) is 73.4 Å². The predicted octanol–water partition coefficient (Wildman–Crippen LogP) is 4.68. The number of nitrogens with one attached hydrogen (secondary N) is 3. The number of fused-ring (bicyclic) bond motifs is 1. The molecule has 8 nitrogen and oxygen atoms in total. The predicted molar refractivity (Wildman–Crippen MR) is 143 cm³/mol. The van der Waals surface area contributed by atoms with Gasteiger partial charge in [-0.05, 0) is 48.1 Å². The van der Waals surface area contributed by atoms with E-state index in [2.05, 4.69) is 25.9 Å². The number of nitrogens with zero attached hydrogens (tertiary/aromatic N) is 3. The number of carbonyl (C=O) groups excluding carboxylic acids is 2. The molecule has 2 aromatic carbocycles. The average Bonchev–Trinajstić information content (AvgIpc) is 3.46. The number of hydrogen-bond acceptors (Lipinski definition) is 4. The summed E-state index contributed by atoms with van der Waals surface area (Å²) in [6, 6.07) is 14.9. The van der Waals surface area contributed by atoms with E-state index in [4.69, 9.17) is 0 Å². The first kappa shape index (κ1) is 25.6. The zero-order chi connectivity index (χ0) is 26.9. The summed E-state index contributed by atoms with van der Waals surface area (Å²) >= 11 is 0. The Bertz CT molecular complexity index is 1450. The lowest BCUT2D eigenvalue weighted by molar-refractivity contribution is -0.125. The van der Waals surface area contributed by atoms with Gasteiger partial charge < -0.3 is 10.6 Å². The maximum Gasteiger partial charge on any atom is 0.273 e. The Morgan fingerprint density at radius 2 is 1.87 bits per heavy atom. The molecule has 1 atom stereocenters. The zero-order valence-electron chi connectivity index (χ0n) is 21.9. The molecule has 38 heavy (non-hydrogen) atoms. The van der Waals surface area contributed by atoms with Crippen molar-refractivity contribution in [2.24, 2.45) is 5.41 Å². The van der Waals surface area contributed by atoms with Gasteiger partial charge in [-0.2, -0.15) is 10.2 Å². The van der Waals surface area contributed by atoms with E-state index in [1.807, 2.05) is 51.1 Å². The van der Waals surface area contributed by atoms with Crippen LogP contribution in [0.15, 0.2) is 54.6 Å². The van der Waals surface area contributed by atoms with Gasteiger partial charge >= 0.3 is 0 Å². The van der Waals surface area contributed by atoms with Crippen molar-refractivity contribution in [1.82, 2.24) is 30.6 Å². The van der Waals surface area contributed by atoms with Crippen molar-refractivity contribution in [3.05, 3.63) is 83.1 Å². The lowest BCUT2D eigenvalue weighted by Crippen LogP contribution is -2.53. The van der Waals surface area contributed by atoms with Gasteiger partial charge in [0.05, 0.1) is 30.0 Å². The number of rotatable bonds is 8. The molecule has 2 amide bonds. The van der Waals surface area contributed by atoms with Crippen molar-refractivity contribution in [3.63, 3.8) is 0 Å². The number of carbonyl (C=O) groups is 2. The molecule has 5 rings (SSSR count). The quantitative estimate of drug-likeness (QED) is 0.316. The summed E-state index contributed by atoms with van der Waals surface area (Å²) in [5.41, 5.74) is 3.22. The van der Waals surface area contributed by atoms with E-state index in [9.17, 15) is 14.0 Å². The second kappa shape index (κ2) is 10.4. The molecule has 0 spiro atoms. The second-order valence-corrected chi connectivity index (χ2v) is 11.1. The number of benzene rings is 2. The normalized spacial score (nSPS) is 14.7. The Hall–Kier alpha value is -4.01. The molecule has 9 heteroatoms. The molecule has 0 radical (unpaired) electrons. The van der Waals surface area contributed by atoms with Crippen molar-refractivity contribution in [3.8, 4) is 0 Å². The van der Waals surface area contributed by atoms with Crippen LogP contribution in [0.2, 0.25) is 0 Å². The Morgan fingerprint density at radius 3 is 2.55 bits per heavy atom. The molecule has 1 aliphatic carbocycles. The second-order valence-electron chi connectivity index (χ2n) is 11.1. The average molecular weight is 517 g/mol. The summed E-state index contributed by atoms with van der Waals surface area (Å²) in [6.07, 6.45) is 3.54. The van der Waals surface area contributed by atoms with E-state index >= 15 is 0 Å². The summed E-state index contributed by atoms with van der Waals surface area (Å²) in [5, 5.41) is 18.6. The number of aromatic amines is 1. The topological polar surface area (TPSA) is 105 Å². The van der Waals surface area contributed by atoms with E-state index in [1.54, 1.807) is 16.8 Å². The van der Waals surface area contributed by atoms with Crippen LogP contribution in [0.4, 0.5) is 4.39 Å². The first-order valence-electron chi connectivity index (χ1n) is 13.0. The summed E-state index contributed by atoms with van der Waals surface area (Å²) < 4.78 is 15.1. The third-order valence-corrected chi connectivity index (χ3v) is 7.15. The van der Waals surface area contributed by atoms with Crippen LogP contribution in [0, 0.1) is 11.2 Å². The Kier molecular flexibility index (Phi) is 7.01. The lowest BCUT2D eigenvalue weighted by Gasteiger charge is -2.30. The largest absolute Gasteiger partial charge is 0.349 e. The Labute approximate surface area is 221 Å². The molecule has 1 fully saturated rings.